The van der Waals surface area contributed by atoms with Gasteiger partial charge in [-0.05, 0) is 25.5 Å². The third-order valence-electron chi connectivity index (χ3n) is 3.11. The largest absolute Gasteiger partial charge is 0.497 e. The van der Waals surface area contributed by atoms with Gasteiger partial charge in [0.05, 0.1) is 24.0 Å². The van der Waals surface area contributed by atoms with Gasteiger partial charge >= 0.3 is 0 Å². The average molecular weight is 206 g/mol. The van der Waals surface area contributed by atoms with Gasteiger partial charge in [-0.2, -0.15) is 0 Å². The molecule has 0 spiro atoms. The molecule has 1 atom stereocenters. The summed E-state index contributed by atoms with van der Waals surface area (Å²) in [6.45, 7) is 5.38. The standard InChI is InChI=1S/C12H18N2O/c1-4-12(2)8-13-11-7-9(15-3)5-6-10(11)14-12/h5-7,13-14H,4,8H2,1-3H3. The van der Waals surface area contributed by atoms with Gasteiger partial charge in [0.15, 0.2) is 0 Å². The minimum Gasteiger partial charge on any atom is -0.497 e. The molecule has 0 aliphatic carbocycles. The molecule has 0 radical (unpaired) electrons. The Morgan fingerprint density at radius 1 is 1.40 bits per heavy atom. The zero-order chi connectivity index (χ0) is 10.9. The fourth-order valence-electron chi connectivity index (χ4n) is 1.78. The zero-order valence-corrected chi connectivity index (χ0v) is 9.55. The molecule has 1 unspecified atom stereocenters. The van der Waals surface area contributed by atoms with Crippen molar-refractivity contribution in [2.24, 2.45) is 0 Å². The number of anilines is 2. The molecule has 82 valence electrons. The summed E-state index contributed by atoms with van der Waals surface area (Å²) in [6.07, 6.45) is 1.10. The predicted octanol–water partition coefficient (Wildman–Crippen LogP) is 2.70. The van der Waals surface area contributed by atoms with E-state index in [1.165, 1.54) is 0 Å². The molecule has 0 fully saturated rings. The maximum absolute atomic E-state index is 5.19. The van der Waals surface area contributed by atoms with E-state index in [2.05, 4.69) is 30.5 Å². The maximum atomic E-state index is 5.19. The lowest BCUT2D eigenvalue weighted by Crippen LogP contribution is -2.44. The molecule has 2 rings (SSSR count). The van der Waals surface area contributed by atoms with Gasteiger partial charge in [-0.15, -0.1) is 0 Å². The van der Waals surface area contributed by atoms with E-state index in [-0.39, 0.29) is 5.54 Å². The van der Waals surface area contributed by atoms with Crippen LogP contribution in [0.3, 0.4) is 0 Å². The van der Waals surface area contributed by atoms with Crippen LogP contribution in [0.1, 0.15) is 20.3 Å². The summed E-state index contributed by atoms with van der Waals surface area (Å²) in [7, 11) is 1.69. The van der Waals surface area contributed by atoms with E-state index in [1.807, 2.05) is 12.1 Å². The molecule has 1 heterocycles. The first kappa shape index (κ1) is 10.1. The second kappa shape index (κ2) is 3.65. The van der Waals surface area contributed by atoms with Crippen molar-refractivity contribution in [1.29, 1.82) is 0 Å². The Labute approximate surface area is 90.8 Å². The van der Waals surface area contributed by atoms with Gasteiger partial charge in [-0.1, -0.05) is 6.92 Å². The van der Waals surface area contributed by atoms with Crippen molar-refractivity contribution in [1.82, 2.24) is 0 Å². The van der Waals surface area contributed by atoms with Crippen LogP contribution < -0.4 is 15.4 Å². The van der Waals surface area contributed by atoms with E-state index >= 15 is 0 Å². The average Bonchev–Trinajstić information content (AvgIpc) is 2.28. The Morgan fingerprint density at radius 2 is 2.20 bits per heavy atom. The van der Waals surface area contributed by atoms with E-state index in [4.69, 9.17) is 4.74 Å². The second-order valence-electron chi connectivity index (χ2n) is 4.30. The highest BCUT2D eigenvalue weighted by Gasteiger charge is 2.26. The molecule has 2 N–H and O–H groups in total. The number of methoxy groups -OCH3 is 1. The van der Waals surface area contributed by atoms with Crippen molar-refractivity contribution in [3.63, 3.8) is 0 Å². The molecule has 0 bridgehead atoms. The van der Waals surface area contributed by atoms with Crippen LogP contribution in [0.2, 0.25) is 0 Å². The molecular weight excluding hydrogens is 188 g/mol. The summed E-state index contributed by atoms with van der Waals surface area (Å²) in [5, 5.41) is 6.99. The summed E-state index contributed by atoms with van der Waals surface area (Å²) in [5.74, 6) is 0.892. The molecule has 3 heteroatoms. The number of rotatable bonds is 2. The van der Waals surface area contributed by atoms with E-state index in [0.717, 1.165) is 30.1 Å². The Hall–Kier alpha value is -1.38. The highest BCUT2D eigenvalue weighted by molar-refractivity contribution is 5.73. The Kier molecular flexibility index (Phi) is 2.47. The highest BCUT2D eigenvalue weighted by Crippen LogP contribution is 2.33. The maximum Gasteiger partial charge on any atom is 0.121 e. The predicted molar refractivity (Wildman–Crippen MR) is 63.8 cm³/mol. The molecule has 0 amide bonds. The quantitative estimate of drug-likeness (QED) is 0.780. The van der Waals surface area contributed by atoms with Crippen LogP contribution in [0.5, 0.6) is 5.75 Å². The van der Waals surface area contributed by atoms with Crippen molar-refractivity contribution in [2.75, 3.05) is 24.3 Å². The van der Waals surface area contributed by atoms with Crippen LogP contribution >= 0.6 is 0 Å². The summed E-state index contributed by atoms with van der Waals surface area (Å²) in [6, 6.07) is 6.07. The van der Waals surface area contributed by atoms with Crippen LogP contribution in [0, 0.1) is 0 Å². The number of benzene rings is 1. The summed E-state index contributed by atoms with van der Waals surface area (Å²) in [5.41, 5.74) is 2.44. The van der Waals surface area contributed by atoms with E-state index in [9.17, 15) is 0 Å². The fourth-order valence-corrected chi connectivity index (χ4v) is 1.78. The Bertz CT molecular complexity index is 365. The summed E-state index contributed by atoms with van der Waals surface area (Å²) in [4.78, 5) is 0. The molecule has 1 aromatic carbocycles. The topological polar surface area (TPSA) is 33.3 Å². The second-order valence-corrected chi connectivity index (χ2v) is 4.30. The number of fused-ring (bicyclic) bond motifs is 1. The third kappa shape index (κ3) is 1.87. The first-order chi connectivity index (χ1) is 7.17. The number of ether oxygens (including phenoxy) is 1. The van der Waals surface area contributed by atoms with Crippen LogP contribution in [-0.2, 0) is 0 Å². The van der Waals surface area contributed by atoms with Gasteiger partial charge in [-0.3, -0.25) is 0 Å². The Morgan fingerprint density at radius 3 is 2.87 bits per heavy atom. The minimum atomic E-state index is 0.154. The zero-order valence-electron chi connectivity index (χ0n) is 9.55. The number of hydrogen-bond acceptors (Lipinski definition) is 3. The van der Waals surface area contributed by atoms with E-state index < -0.39 is 0 Å². The van der Waals surface area contributed by atoms with Gasteiger partial charge in [-0.25, -0.2) is 0 Å². The molecule has 3 nitrogen and oxygen atoms in total. The summed E-state index contributed by atoms with van der Waals surface area (Å²) >= 11 is 0. The first-order valence-electron chi connectivity index (χ1n) is 5.37. The monoisotopic (exact) mass is 206 g/mol. The first-order valence-corrected chi connectivity index (χ1v) is 5.37. The van der Waals surface area contributed by atoms with Gasteiger partial charge in [0, 0.05) is 12.6 Å². The van der Waals surface area contributed by atoms with E-state index in [0.29, 0.717) is 0 Å². The van der Waals surface area contributed by atoms with Crippen LogP contribution in [0.4, 0.5) is 11.4 Å². The molecule has 0 saturated heterocycles. The number of hydrogen-bond donors (Lipinski definition) is 2. The lowest BCUT2D eigenvalue weighted by Gasteiger charge is -2.37. The van der Waals surface area contributed by atoms with Crippen molar-refractivity contribution in [3.8, 4) is 5.75 Å². The lowest BCUT2D eigenvalue weighted by atomic mass is 9.95. The highest BCUT2D eigenvalue weighted by atomic mass is 16.5. The molecule has 1 aliphatic heterocycles. The summed E-state index contributed by atoms with van der Waals surface area (Å²) < 4.78 is 5.19. The van der Waals surface area contributed by atoms with Crippen LogP contribution in [-0.4, -0.2) is 19.2 Å². The van der Waals surface area contributed by atoms with Crippen molar-refractivity contribution < 1.29 is 4.74 Å². The number of nitrogens with one attached hydrogen (secondary N) is 2. The minimum absolute atomic E-state index is 0.154. The van der Waals surface area contributed by atoms with Gasteiger partial charge in [0.2, 0.25) is 0 Å². The fraction of sp³-hybridized carbons (Fsp3) is 0.500. The van der Waals surface area contributed by atoms with Crippen molar-refractivity contribution >= 4 is 11.4 Å². The van der Waals surface area contributed by atoms with E-state index in [1.54, 1.807) is 7.11 Å². The molecule has 1 aliphatic rings. The Balaban J connectivity index is 2.28. The smallest absolute Gasteiger partial charge is 0.121 e. The van der Waals surface area contributed by atoms with Crippen molar-refractivity contribution in [3.05, 3.63) is 18.2 Å². The van der Waals surface area contributed by atoms with Crippen molar-refractivity contribution in [2.45, 2.75) is 25.8 Å². The molecule has 0 saturated carbocycles. The third-order valence-corrected chi connectivity index (χ3v) is 3.11. The SMILES string of the molecule is CCC1(C)CNc2cc(OC)ccc2N1. The molecule has 1 aromatic rings. The van der Waals surface area contributed by atoms with Crippen LogP contribution in [0.25, 0.3) is 0 Å². The molecular formula is C12H18N2O. The lowest BCUT2D eigenvalue weighted by molar-refractivity contribution is 0.414. The van der Waals surface area contributed by atoms with Gasteiger partial charge < -0.3 is 15.4 Å². The van der Waals surface area contributed by atoms with Crippen LogP contribution in [0.15, 0.2) is 18.2 Å². The molecule has 15 heavy (non-hydrogen) atoms. The van der Waals surface area contributed by atoms with Gasteiger partial charge in [0.1, 0.15) is 5.75 Å². The normalized spacial score (nSPS) is 23.7. The van der Waals surface area contributed by atoms with Gasteiger partial charge in [0.25, 0.3) is 0 Å². The molecule has 0 aromatic heterocycles.